The topological polar surface area (TPSA) is 115 Å². The Kier molecular flexibility index (Phi) is 5.58. The van der Waals surface area contributed by atoms with Crippen molar-refractivity contribution in [1.29, 1.82) is 0 Å². The fraction of sp³-hybridized carbons (Fsp3) is 0.526. The third-order valence-electron chi connectivity index (χ3n) is 4.53. The standard InChI is InChI=1S/C19H26N4O4S/c1-18(2,3)27-17(25)23-11-19(20,28-4)10-9-14(23)16-22-21-15(26-16)12-5-7-13(24)8-6-12/h5-8,14,24H,9-11,20H2,1-4H3/t14-,19+/m1/s1. The Morgan fingerprint density at radius 1 is 1.36 bits per heavy atom. The third-order valence-corrected chi connectivity index (χ3v) is 5.68. The molecule has 2 atom stereocenters. The summed E-state index contributed by atoms with van der Waals surface area (Å²) in [7, 11) is 0. The van der Waals surface area contributed by atoms with Gasteiger partial charge in [-0.25, -0.2) is 4.79 Å². The molecule has 2 heterocycles. The van der Waals surface area contributed by atoms with Gasteiger partial charge in [0.2, 0.25) is 11.8 Å². The zero-order chi connectivity index (χ0) is 20.5. The molecule has 1 aliphatic heterocycles. The summed E-state index contributed by atoms with van der Waals surface area (Å²) in [5.41, 5.74) is 6.49. The van der Waals surface area contributed by atoms with Crippen LogP contribution in [0.3, 0.4) is 0 Å². The first-order chi connectivity index (χ1) is 13.1. The molecule has 1 aromatic carbocycles. The molecule has 1 aliphatic rings. The van der Waals surface area contributed by atoms with E-state index in [9.17, 15) is 9.90 Å². The van der Waals surface area contributed by atoms with E-state index in [-0.39, 0.29) is 5.75 Å². The Hall–Kier alpha value is -2.26. The lowest BCUT2D eigenvalue weighted by atomic mass is 9.98. The van der Waals surface area contributed by atoms with Crippen molar-refractivity contribution in [3.05, 3.63) is 30.2 Å². The number of carbonyl (C=O) groups is 1. The molecular weight excluding hydrogens is 380 g/mol. The molecule has 0 aliphatic carbocycles. The Labute approximate surface area is 168 Å². The highest BCUT2D eigenvalue weighted by Gasteiger charge is 2.43. The first kappa shape index (κ1) is 20.5. The highest BCUT2D eigenvalue weighted by atomic mass is 32.2. The summed E-state index contributed by atoms with van der Waals surface area (Å²) >= 11 is 1.53. The number of aromatic nitrogens is 2. The van der Waals surface area contributed by atoms with Gasteiger partial charge in [0.25, 0.3) is 0 Å². The molecule has 1 saturated heterocycles. The second-order valence-corrected chi connectivity index (χ2v) is 9.15. The van der Waals surface area contributed by atoms with Crippen LogP contribution in [0.15, 0.2) is 28.7 Å². The zero-order valence-corrected chi connectivity index (χ0v) is 17.3. The molecule has 0 unspecified atom stereocenters. The maximum absolute atomic E-state index is 12.8. The maximum Gasteiger partial charge on any atom is 0.411 e. The van der Waals surface area contributed by atoms with E-state index in [0.29, 0.717) is 36.7 Å². The predicted octanol–water partition coefficient (Wildman–Crippen LogP) is 3.53. The SMILES string of the molecule is CS[C@@]1(N)CC[C@H](c2nnc(-c3ccc(O)cc3)o2)N(C(=O)OC(C)(C)C)C1. The molecule has 1 amide bonds. The molecule has 0 saturated carbocycles. The fourth-order valence-corrected chi connectivity index (χ4v) is 3.63. The smallest absolute Gasteiger partial charge is 0.411 e. The van der Waals surface area contributed by atoms with E-state index in [1.165, 1.54) is 11.8 Å². The van der Waals surface area contributed by atoms with Gasteiger partial charge in [-0.15, -0.1) is 22.0 Å². The Morgan fingerprint density at radius 3 is 2.64 bits per heavy atom. The van der Waals surface area contributed by atoms with Crippen LogP contribution >= 0.6 is 11.8 Å². The summed E-state index contributed by atoms with van der Waals surface area (Å²) in [4.78, 5) is 13.9. The van der Waals surface area contributed by atoms with Gasteiger partial charge in [-0.3, -0.25) is 4.90 Å². The average molecular weight is 407 g/mol. The summed E-state index contributed by atoms with van der Waals surface area (Å²) < 4.78 is 11.4. The van der Waals surface area contributed by atoms with E-state index < -0.39 is 22.6 Å². The number of likely N-dealkylation sites (tertiary alicyclic amines) is 1. The molecule has 9 heteroatoms. The van der Waals surface area contributed by atoms with Crippen molar-refractivity contribution >= 4 is 17.9 Å². The minimum Gasteiger partial charge on any atom is -0.508 e. The summed E-state index contributed by atoms with van der Waals surface area (Å²) in [6.45, 7) is 5.79. The second kappa shape index (κ2) is 7.63. The number of benzene rings is 1. The third kappa shape index (κ3) is 4.59. The monoisotopic (exact) mass is 406 g/mol. The number of hydrogen-bond donors (Lipinski definition) is 2. The van der Waals surface area contributed by atoms with Gasteiger partial charge in [0, 0.05) is 5.56 Å². The highest BCUT2D eigenvalue weighted by Crippen LogP contribution is 2.39. The van der Waals surface area contributed by atoms with Crippen molar-refractivity contribution in [3.8, 4) is 17.2 Å². The number of phenolic OH excluding ortho intramolecular Hbond substituents is 1. The Bertz CT molecular complexity index is 833. The molecule has 152 valence electrons. The van der Waals surface area contributed by atoms with E-state index in [1.807, 2.05) is 27.0 Å². The van der Waals surface area contributed by atoms with Crippen LogP contribution in [0.25, 0.3) is 11.5 Å². The maximum atomic E-state index is 12.8. The van der Waals surface area contributed by atoms with Crippen molar-refractivity contribution in [3.63, 3.8) is 0 Å². The number of rotatable bonds is 3. The number of phenols is 1. The van der Waals surface area contributed by atoms with Crippen molar-refractivity contribution in [1.82, 2.24) is 15.1 Å². The van der Waals surface area contributed by atoms with Crippen LogP contribution in [0.2, 0.25) is 0 Å². The van der Waals surface area contributed by atoms with Gasteiger partial charge in [0.05, 0.1) is 11.4 Å². The molecular formula is C19H26N4O4S. The Morgan fingerprint density at radius 2 is 2.04 bits per heavy atom. The minimum absolute atomic E-state index is 0.156. The van der Waals surface area contributed by atoms with Gasteiger partial charge in [-0.2, -0.15) is 0 Å². The lowest BCUT2D eigenvalue weighted by Gasteiger charge is -2.43. The van der Waals surface area contributed by atoms with Crippen LogP contribution < -0.4 is 5.73 Å². The molecule has 3 N–H and O–H groups in total. The van der Waals surface area contributed by atoms with Gasteiger partial charge in [-0.1, -0.05) is 0 Å². The normalized spacial score (nSPS) is 22.9. The molecule has 2 aromatic rings. The number of carbonyl (C=O) groups excluding carboxylic acids is 1. The largest absolute Gasteiger partial charge is 0.508 e. The number of aromatic hydroxyl groups is 1. The summed E-state index contributed by atoms with van der Waals surface area (Å²) in [6.07, 6.45) is 2.77. The zero-order valence-electron chi connectivity index (χ0n) is 16.5. The lowest BCUT2D eigenvalue weighted by molar-refractivity contribution is 0.00187. The fourth-order valence-electron chi connectivity index (χ4n) is 3.04. The molecule has 0 bridgehead atoms. The van der Waals surface area contributed by atoms with Crippen LogP contribution in [0.5, 0.6) is 5.75 Å². The van der Waals surface area contributed by atoms with Crippen LogP contribution in [0.1, 0.15) is 45.5 Å². The van der Waals surface area contributed by atoms with Crippen LogP contribution in [-0.2, 0) is 4.74 Å². The van der Waals surface area contributed by atoms with Gasteiger partial charge in [0.15, 0.2) is 0 Å². The molecule has 1 fully saturated rings. The predicted molar refractivity (Wildman–Crippen MR) is 107 cm³/mol. The second-order valence-electron chi connectivity index (χ2n) is 7.92. The van der Waals surface area contributed by atoms with Crippen molar-refractivity contribution in [2.24, 2.45) is 5.73 Å². The number of ether oxygens (including phenoxy) is 1. The lowest BCUT2D eigenvalue weighted by Crippen LogP contribution is -2.55. The highest BCUT2D eigenvalue weighted by molar-refractivity contribution is 7.99. The minimum atomic E-state index is -0.623. The van der Waals surface area contributed by atoms with Gasteiger partial charge < -0.3 is 20.0 Å². The van der Waals surface area contributed by atoms with Gasteiger partial charge >= 0.3 is 6.09 Å². The van der Waals surface area contributed by atoms with Crippen molar-refractivity contribution in [2.75, 3.05) is 12.8 Å². The summed E-state index contributed by atoms with van der Waals surface area (Å²) in [6, 6.07) is 6.08. The molecule has 0 radical (unpaired) electrons. The molecule has 1 aromatic heterocycles. The van der Waals surface area contributed by atoms with Gasteiger partial charge in [-0.05, 0) is 64.1 Å². The van der Waals surface area contributed by atoms with E-state index >= 15 is 0 Å². The number of nitrogens with zero attached hydrogens (tertiary/aromatic N) is 3. The number of thioether (sulfide) groups is 1. The van der Waals surface area contributed by atoms with E-state index in [4.69, 9.17) is 14.9 Å². The first-order valence-electron chi connectivity index (χ1n) is 9.07. The van der Waals surface area contributed by atoms with E-state index in [2.05, 4.69) is 10.2 Å². The molecule has 28 heavy (non-hydrogen) atoms. The molecule has 3 rings (SSSR count). The molecule has 0 spiro atoms. The van der Waals surface area contributed by atoms with Crippen LogP contribution in [-0.4, -0.2) is 49.6 Å². The quantitative estimate of drug-likeness (QED) is 0.744. The number of hydrogen-bond acceptors (Lipinski definition) is 8. The number of amides is 1. The van der Waals surface area contributed by atoms with Gasteiger partial charge in [0.1, 0.15) is 17.4 Å². The molecule has 8 nitrogen and oxygen atoms in total. The summed E-state index contributed by atoms with van der Waals surface area (Å²) in [5, 5.41) is 17.7. The number of nitrogens with two attached hydrogens (primary N) is 1. The van der Waals surface area contributed by atoms with Crippen molar-refractivity contribution in [2.45, 2.75) is 50.1 Å². The first-order valence-corrected chi connectivity index (χ1v) is 10.3. The summed E-state index contributed by atoms with van der Waals surface area (Å²) in [5.74, 6) is 0.828. The van der Waals surface area contributed by atoms with E-state index in [1.54, 1.807) is 29.2 Å². The van der Waals surface area contributed by atoms with Crippen LogP contribution in [0.4, 0.5) is 4.79 Å². The van der Waals surface area contributed by atoms with E-state index in [0.717, 1.165) is 0 Å². The van der Waals surface area contributed by atoms with Crippen molar-refractivity contribution < 1.29 is 19.1 Å². The average Bonchev–Trinajstić information content (AvgIpc) is 3.10. The van der Waals surface area contributed by atoms with Crippen LogP contribution in [0, 0.1) is 0 Å². The Balaban J connectivity index is 1.87. The number of piperidine rings is 1.